The Bertz CT molecular complexity index is 832. The van der Waals surface area contributed by atoms with Crippen LogP contribution in [-0.2, 0) is 16.4 Å². The minimum Gasteiger partial charge on any atom is -0.390 e. The van der Waals surface area contributed by atoms with Crippen molar-refractivity contribution in [1.29, 1.82) is 0 Å². The predicted octanol–water partition coefficient (Wildman–Crippen LogP) is 2.29. The summed E-state index contributed by atoms with van der Waals surface area (Å²) in [7, 11) is -1.57. The number of hydrogen-bond acceptors (Lipinski definition) is 5. The van der Waals surface area contributed by atoms with Gasteiger partial charge in [-0.1, -0.05) is 35.9 Å². The Labute approximate surface area is 165 Å². The molecule has 0 aliphatic rings. The summed E-state index contributed by atoms with van der Waals surface area (Å²) in [5.74, 6) is 0.295. The second-order valence-corrected chi connectivity index (χ2v) is 9.61. The van der Waals surface area contributed by atoms with Crippen LogP contribution in [0.1, 0.15) is 18.1 Å². The van der Waals surface area contributed by atoms with Crippen LogP contribution < -0.4 is 5.32 Å². The highest BCUT2D eigenvalue weighted by Crippen LogP contribution is 2.18. The maximum Gasteiger partial charge on any atom is 0.194 e. The first-order valence-electron chi connectivity index (χ1n) is 8.81. The van der Waals surface area contributed by atoms with E-state index in [2.05, 4.69) is 34.6 Å². The zero-order chi connectivity index (χ0) is 19.9. The standard InChI is InChI=1S/C19H27N3O3S2/c1-4-20-19(22(3)13-16-9-7-15(2)8-10-16)21-12-17(23)14-27(24,25)18-6-5-11-26-18/h5-11,17,23H,4,12-14H2,1-3H3,(H,20,21). The highest BCUT2D eigenvalue weighted by molar-refractivity contribution is 7.93. The van der Waals surface area contributed by atoms with Crippen molar-refractivity contribution in [2.75, 3.05) is 25.9 Å². The molecule has 0 saturated carbocycles. The Morgan fingerprint density at radius 2 is 2.00 bits per heavy atom. The van der Waals surface area contributed by atoms with Crippen LogP contribution in [0.5, 0.6) is 0 Å². The normalized spacial score (nSPS) is 13.4. The van der Waals surface area contributed by atoms with E-state index in [1.54, 1.807) is 17.5 Å². The molecule has 0 saturated heterocycles. The number of sulfone groups is 1. The van der Waals surface area contributed by atoms with Crippen molar-refractivity contribution in [3.63, 3.8) is 0 Å². The molecule has 0 spiro atoms. The van der Waals surface area contributed by atoms with Crippen LogP contribution in [-0.4, -0.2) is 56.4 Å². The number of aliphatic hydroxyl groups is 1. The molecule has 0 bridgehead atoms. The third kappa shape index (κ3) is 6.64. The SMILES string of the molecule is CCNC(=NCC(O)CS(=O)(=O)c1cccs1)N(C)Cc1ccc(C)cc1. The number of hydrogen-bond donors (Lipinski definition) is 2. The van der Waals surface area contributed by atoms with E-state index < -0.39 is 15.9 Å². The van der Waals surface area contributed by atoms with Gasteiger partial charge in [0.25, 0.3) is 0 Å². The molecule has 1 unspecified atom stereocenters. The fraction of sp³-hybridized carbons (Fsp3) is 0.421. The summed E-state index contributed by atoms with van der Waals surface area (Å²) < 4.78 is 24.8. The van der Waals surface area contributed by atoms with Gasteiger partial charge in [0.2, 0.25) is 0 Å². The van der Waals surface area contributed by atoms with Crippen LogP contribution in [0.15, 0.2) is 51.0 Å². The second kappa shape index (κ2) is 9.87. The van der Waals surface area contributed by atoms with Crippen molar-refractivity contribution in [2.45, 2.75) is 30.7 Å². The molecule has 1 aromatic carbocycles. The summed E-state index contributed by atoms with van der Waals surface area (Å²) in [5.41, 5.74) is 2.35. The second-order valence-electron chi connectivity index (χ2n) is 6.40. The number of aryl methyl sites for hydroxylation is 1. The average molecular weight is 410 g/mol. The lowest BCUT2D eigenvalue weighted by molar-refractivity contribution is 0.205. The zero-order valence-corrected chi connectivity index (χ0v) is 17.6. The van der Waals surface area contributed by atoms with Gasteiger partial charge in [0.05, 0.1) is 18.4 Å². The number of nitrogens with zero attached hydrogens (tertiary/aromatic N) is 2. The van der Waals surface area contributed by atoms with E-state index >= 15 is 0 Å². The quantitative estimate of drug-likeness (QED) is 0.516. The number of rotatable bonds is 8. The van der Waals surface area contributed by atoms with Gasteiger partial charge in [-0.25, -0.2) is 8.42 Å². The minimum absolute atomic E-state index is 0.0190. The van der Waals surface area contributed by atoms with Crippen molar-refractivity contribution < 1.29 is 13.5 Å². The maximum atomic E-state index is 12.3. The molecule has 2 rings (SSSR count). The van der Waals surface area contributed by atoms with E-state index in [0.717, 1.165) is 16.9 Å². The van der Waals surface area contributed by atoms with Crippen LogP contribution >= 0.6 is 11.3 Å². The smallest absolute Gasteiger partial charge is 0.194 e. The van der Waals surface area contributed by atoms with Crippen LogP contribution in [0.25, 0.3) is 0 Å². The number of benzene rings is 1. The summed E-state index contributed by atoms with van der Waals surface area (Å²) in [6.07, 6.45) is -1.06. The molecule has 27 heavy (non-hydrogen) atoms. The van der Waals surface area contributed by atoms with E-state index in [4.69, 9.17) is 0 Å². The third-order valence-corrected chi connectivity index (χ3v) is 7.19. The van der Waals surface area contributed by atoms with E-state index in [1.807, 2.05) is 25.8 Å². The van der Waals surface area contributed by atoms with Gasteiger partial charge in [0.15, 0.2) is 15.8 Å². The Morgan fingerprint density at radius 3 is 2.59 bits per heavy atom. The lowest BCUT2D eigenvalue weighted by Crippen LogP contribution is -2.39. The van der Waals surface area contributed by atoms with E-state index in [-0.39, 0.29) is 16.5 Å². The number of nitrogens with one attached hydrogen (secondary N) is 1. The molecule has 0 aliphatic carbocycles. The van der Waals surface area contributed by atoms with Gasteiger partial charge >= 0.3 is 0 Å². The molecule has 0 aliphatic heterocycles. The Hall–Kier alpha value is -1.90. The maximum absolute atomic E-state index is 12.3. The lowest BCUT2D eigenvalue weighted by atomic mass is 10.1. The van der Waals surface area contributed by atoms with E-state index in [1.165, 1.54) is 5.56 Å². The largest absolute Gasteiger partial charge is 0.390 e. The molecule has 148 valence electrons. The van der Waals surface area contributed by atoms with Gasteiger partial charge in [-0.15, -0.1) is 11.3 Å². The van der Waals surface area contributed by atoms with Gasteiger partial charge < -0.3 is 15.3 Å². The monoisotopic (exact) mass is 409 g/mol. The van der Waals surface area contributed by atoms with Gasteiger partial charge in [-0.2, -0.15) is 0 Å². The molecule has 0 amide bonds. The molecule has 2 aromatic rings. The van der Waals surface area contributed by atoms with Gasteiger partial charge in [0.1, 0.15) is 4.21 Å². The number of thiophene rings is 1. The Morgan fingerprint density at radius 1 is 1.30 bits per heavy atom. The van der Waals surface area contributed by atoms with Crippen molar-refractivity contribution in [3.05, 3.63) is 52.9 Å². The number of guanidine groups is 1. The minimum atomic E-state index is -3.48. The third-order valence-electron chi connectivity index (χ3n) is 3.90. The van der Waals surface area contributed by atoms with E-state index in [0.29, 0.717) is 19.0 Å². The first-order chi connectivity index (χ1) is 12.8. The topological polar surface area (TPSA) is 82.0 Å². The summed E-state index contributed by atoms with van der Waals surface area (Å²) >= 11 is 1.16. The number of aliphatic imine (C=N–C) groups is 1. The Kier molecular flexibility index (Phi) is 7.82. The van der Waals surface area contributed by atoms with Gasteiger partial charge in [-0.3, -0.25) is 4.99 Å². The van der Waals surface area contributed by atoms with E-state index in [9.17, 15) is 13.5 Å². The summed E-state index contributed by atoms with van der Waals surface area (Å²) in [6.45, 7) is 5.37. The van der Waals surface area contributed by atoms with Crippen molar-refractivity contribution >= 4 is 27.1 Å². The molecule has 1 atom stereocenters. The predicted molar refractivity (Wildman–Crippen MR) is 111 cm³/mol. The average Bonchev–Trinajstić information content (AvgIpc) is 3.16. The molecule has 0 radical (unpaired) electrons. The summed E-state index contributed by atoms with van der Waals surface area (Å²) in [5, 5.41) is 15.1. The molecular formula is C19H27N3O3S2. The molecular weight excluding hydrogens is 382 g/mol. The highest BCUT2D eigenvalue weighted by atomic mass is 32.2. The highest BCUT2D eigenvalue weighted by Gasteiger charge is 2.20. The Balaban J connectivity index is 2.00. The first-order valence-corrected chi connectivity index (χ1v) is 11.3. The van der Waals surface area contributed by atoms with Crippen LogP contribution in [0, 0.1) is 6.92 Å². The molecule has 0 fully saturated rings. The zero-order valence-electron chi connectivity index (χ0n) is 15.9. The molecule has 1 heterocycles. The van der Waals surface area contributed by atoms with Crippen LogP contribution in [0.4, 0.5) is 0 Å². The number of aliphatic hydroxyl groups excluding tert-OH is 1. The van der Waals surface area contributed by atoms with Gasteiger partial charge in [0, 0.05) is 20.1 Å². The van der Waals surface area contributed by atoms with Crippen molar-refractivity contribution in [2.24, 2.45) is 4.99 Å². The lowest BCUT2D eigenvalue weighted by Gasteiger charge is -2.22. The first kappa shape index (κ1) is 21.4. The molecule has 6 nitrogen and oxygen atoms in total. The van der Waals surface area contributed by atoms with Crippen molar-refractivity contribution in [3.8, 4) is 0 Å². The molecule has 1 aromatic heterocycles. The molecule has 8 heteroatoms. The van der Waals surface area contributed by atoms with Gasteiger partial charge in [-0.05, 0) is 30.9 Å². The summed E-state index contributed by atoms with van der Waals surface area (Å²) in [6, 6.07) is 11.5. The van der Waals surface area contributed by atoms with Crippen LogP contribution in [0.2, 0.25) is 0 Å². The van der Waals surface area contributed by atoms with Crippen LogP contribution in [0.3, 0.4) is 0 Å². The molecule has 2 N–H and O–H groups in total. The fourth-order valence-corrected chi connectivity index (χ4v) is 5.00. The van der Waals surface area contributed by atoms with Crippen molar-refractivity contribution in [1.82, 2.24) is 10.2 Å². The fourth-order valence-electron chi connectivity index (χ4n) is 2.53. The summed E-state index contributed by atoms with van der Waals surface area (Å²) in [4.78, 5) is 6.37.